The molecule has 0 aromatic carbocycles. The van der Waals surface area contributed by atoms with Crippen molar-refractivity contribution in [3.8, 4) is 0 Å². The number of hydrogen-bond acceptors (Lipinski definition) is 4. The van der Waals surface area contributed by atoms with Crippen molar-refractivity contribution in [3.05, 3.63) is 6.33 Å². The van der Waals surface area contributed by atoms with Crippen LogP contribution in [0.4, 0.5) is 0 Å². The van der Waals surface area contributed by atoms with Gasteiger partial charge >= 0.3 is 0 Å². The monoisotopic (exact) mass is 160 g/mol. The van der Waals surface area contributed by atoms with Crippen LogP contribution in [0.15, 0.2) is 5.16 Å². The number of rotatable bonds is 2. The van der Waals surface area contributed by atoms with Crippen molar-refractivity contribution in [3.63, 3.8) is 0 Å². The van der Waals surface area contributed by atoms with Crippen LogP contribution in [0.5, 0.6) is 0 Å². The molecule has 0 atom stereocenters. The van der Waals surface area contributed by atoms with E-state index in [9.17, 15) is 8.42 Å². The summed E-state index contributed by atoms with van der Waals surface area (Å²) in [6.07, 6.45) is 2.20. The molecule has 5 nitrogen and oxygen atoms in total. The maximum atomic E-state index is 10.9. The molecule has 1 aromatic heterocycles. The largest absolute Gasteiger partial charge is 0.309 e. The van der Waals surface area contributed by atoms with E-state index in [2.05, 4.69) is 21.5 Å². The quantitative estimate of drug-likeness (QED) is 0.626. The molecule has 55 valence electrons. The van der Waals surface area contributed by atoms with Gasteiger partial charge in [-0.3, -0.25) is 0 Å². The molecule has 1 radical (unpaired) electrons. The first-order valence-corrected chi connectivity index (χ1v) is 4.33. The van der Waals surface area contributed by atoms with Gasteiger partial charge < -0.3 is 4.98 Å². The van der Waals surface area contributed by atoms with Crippen LogP contribution in [0.25, 0.3) is 0 Å². The molecule has 10 heavy (non-hydrogen) atoms. The molecule has 0 bridgehead atoms. The lowest BCUT2D eigenvalue weighted by atomic mass is 11.0. The van der Waals surface area contributed by atoms with Gasteiger partial charge in [-0.25, -0.2) is 8.42 Å². The van der Waals surface area contributed by atoms with Crippen LogP contribution in [0.2, 0.25) is 0 Å². The zero-order valence-electron chi connectivity index (χ0n) is 5.33. The molecule has 0 saturated heterocycles. The number of aromatic nitrogens is 3. The molecule has 1 rings (SSSR count). The van der Waals surface area contributed by atoms with Gasteiger partial charge in [-0.05, 0) is 0 Å². The summed E-state index contributed by atoms with van der Waals surface area (Å²) in [6, 6.07) is 0. The van der Waals surface area contributed by atoms with Crippen molar-refractivity contribution < 1.29 is 8.42 Å². The zero-order chi connectivity index (χ0) is 7.61. The van der Waals surface area contributed by atoms with E-state index in [4.69, 9.17) is 0 Å². The normalized spacial score (nSPS) is 11.7. The maximum Gasteiger partial charge on any atom is 0.247 e. The Kier molecular flexibility index (Phi) is 1.71. The molecule has 0 aliphatic rings. The van der Waals surface area contributed by atoms with E-state index in [1.807, 2.05) is 0 Å². The van der Waals surface area contributed by atoms with Gasteiger partial charge in [-0.1, -0.05) is 6.92 Å². The fourth-order valence-electron chi connectivity index (χ4n) is 0.445. The van der Waals surface area contributed by atoms with E-state index in [1.165, 1.54) is 6.92 Å². The highest BCUT2D eigenvalue weighted by Crippen LogP contribution is 1.99. The Morgan fingerprint density at radius 2 is 2.40 bits per heavy atom. The second-order valence-corrected chi connectivity index (χ2v) is 3.84. The number of H-pyrrole nitrogens is 1. The molecule has 1 aromatic rings. The summed E-state index contributed by atoms with van der Waals surface area (Å²) in [5.41, 5.74) is 0. The Morgan fingerprint density at radius 1 is 1.70 bits per heavy atom. The second-order valence-electron chi connectivity index (χ2n) is 1.65. The van der Waals surface area contributed by atoms with Crippen LogP contribution in [-0.4, -0.2) is 29.4 Å². The Morgan fingerprint density at radius 3 is 2.80 bits per heavy atom. The molecule has 0 fully saturated rings. The molecule has 1 heterocycles. The Balaban J connectivity index is 3.09. The number of aromatic amines is 1. The highest BCUT2D eigenvalue weighted by atomic mass is 32.2. The van der Waals surface area contributed by atoms with E-state index in [0.29, 0.717) is 0 Å². The van der Waals surface area contributed by atoms with Gasteiger partial charge in [0, 0.05) is 0 Å². The summed E-state index contributed by atoms with van der Waals surface area (Å²) in [5.74, 6) is 0.0238. The van der Waals surface area contributed by atoms with E-state index in [1.54, 1.807) is 0 Å². The Labute approximate surface area is 58.4 Å². The van der Waals surface area contributed by atoms with Crippen molar-refractivity contribution in [1.29, 1.82) is 0 Å². The summed E-state index contributed by atoms with van der Waals surface area (Å²) in [4.78, 5) is 2.29. The fourth-order valence-corrected chi connectivity index (χ4v) is 1.08. The van der Waals surface area contributed by atoms with E-state index in [0.717, 1.165) is 0 Å². The minimum atomic E-state index is -3.22. The van der Waals surface area contributed by atoms with Gasteiger partial charge in [0.15, 0.2) is 6.33 Å². The summed E-state index contributed by atoms with van der Waals surface area (Å²) < 4.78 is 21.8. The highest BCUT2D eigenvalue weighted by Gasteiger charge is 2.13. The maximum absolute atomic E-state index is 10.9. The summed E-state index contributed by atoms with van der Waals surface area (Å²) in [5, 5.41) is 6.42. The van der Waals surface area contributed by atoms with Gasteiger partial charge in [0.05, 0.1) is 5.75 Å². The molecule has 1 N–H and O–H groups in total. The topological polar surface area (TPSA) is 75.7 Å². The molecule has 0 spiro atoms. The Hall–Kier alpha value is -0.910. The van der Waals surface area contributed by atoms with Crippen LogP contribution in [0.3, 0.4) is 0 Å². The standard InChI is InChI=1S/C4H6N3O2S/c1-2-10(8,9)4-5-3-6-7-4/h2H2,1H3,(H,5,6,7). The number of hydrogen-bond donors (Lipinski definition) is 1. The summed E-state index contributed by atoms with van der Waals surface area (Å²) >= 11 is 0. The lowest BCUT2D eigenvalue weighted by molar-refractivity contribution is 0.589. The third kappa shape index (κ3) is 1.15. The molecule has 0 aliphatic heterocycles. The third-order valence-corrected chi connectivity index (χ3v) is 2.56. The molecule has 0 amide bonds. The van der Waals surface area contributed by atoms with Crippen molar-refractivity contribution in [1.82, 2.24) is 15.2 Å². The number of nitrogens with zero attached hydrogens (tertiary/aromatic N) is 2. The molecular weight excluding hydrogens is 154 g/mol. The predicted octanol–water partition coefficient (Wildman–Crippen LogP) is -0.602. The SMILES string of the molecule is CCS(=O)(=O)c1nn[c][nH]1. The van der Waals surface area contributed by atoms with Crippen LogP contribution >= 0.6 is 0 Å². The van der Waals surface area contributed by atoms with Crippen molar-refractivity contribution >= 4 is 9.84 Å². The lowest BCUT2D eigenvalue weighted by Gasteiger charge is -1.90. The van der Waals surface area contributed by atoms with Crippen LogP contribution in [-0.2, 0) is 9.84 Å². The minimum absolute atomic E-state index is 0.0238. The van der Waals surface area contributed by atoms with E-state index >= 15 is 0 Å². The van der Waals surface area contributed by atoms with E-state index < -0.39 is 9.84 Å². The van der Waals surface area contributed by atoms with Gasteiger partial charge in [-0.15, -0.1) is 10.2 Å². The summed E-state index contributed by atoms with van der Waals surface area (Å²) in [7, 11) is -3.22. The van der Waals surface area contributed by atoms with Gasteiger partial charge in [-0.2, -0.15) is 0 Å². The number of sulfone groups is 1. The van der Waals surface area contributed by atoms with Crippen LogP contribution < -0.4 is 0 Å². The molecular formula is C4H6N3O2S. The van der Waals surface area contributed by atoms with Crippen LogP contribution in [0.1, 0.15) is 6.92 Å². The van der Waals surface area contributed by atoms with Gasteiger partial charge in [0.25, 0.3) is 0 Å². The zero-order valence-corrected chi connectivity index (χ0v) is 6.14. The average Bonchev–Trinajstić information content (AvgIpc) is 2.38. The highest BCUT2D eigenvalue weighted by molar-refractivity contribution is 7.91. The van der Waals surface area contributed by atoms with Crippen molar-refractivity contribution in [2.24, 2.45) is 0 Å². The lowest BCUT2D eigenvalue weighted by Crippen LogP contribution is -2.05. The van der Waals surface area contributed by atoms with Gasteiger partial charge in [0.2, 0.25) is 15.0 Å². The van der Waals surface area contributed by atoms with Crippen LogP contribution in [0, 0.1) is 6.33 Å². The molecule has 0 unspecified atom stereocenters. The summed E-state index contributed by atoms with van der Waals surface area (Å²) in [6.45, 7) is 1.54. The molecule has 0 aliphatic carbocycles. The smallest absolute Gasteiger partial charge is 0.247 e. The molecule has 6 heteroatoms. The van der Waals surface area contributed by atoms with Crippen molar-refractivity contribution in [2.75, 3.05) is 5.75 Å². The number of nitrogens with one attached hydrogen (secondary N) is 1. The van der Waals surface area contributed by atoms with Crippen molar-refractivity contribution in [2.45, 2.75) is 12.1 Å². The van der Waals surface area contributed by atoms with Gasteiger partial charge in [0.1, 0.15) is 0 Å². The predicted molar refractivity (Wildman–Crippen MR) is 32.9 cm³/mol. The molecule has 0 saturated carbocycles. The first kappa shape index (κ1) is 7.20. The first-order chi connectivity index (χ1) is 4.67. The third-order valence-electron chi connectivity index (χ3n) is 1.03. The first-order valence-electron chi connectivity index (χ1n) is 2.68. The average molecular weight is 160 g/mol. The second kappa shape index (κ2) is 2.37. The Bertz CT molecular complexity index is 288. The van der Waals surface area contributed by atoms with E-state index in [-0.39, 0.29) is 10.9 Å². The minimum Gasteiger partial charge on any atom is -0.309 e. The fraction of sp³-hybridized carbons (Fsp3) is 0.500.